The molecular weight excluding hydrogens is 215 g/mol. The molecule has 2 nitrogen and oxygen atoms in total. The lowest BCUT2D eigenvalue weighted by atomic mass is 9.96. The van der Waals surface area contributed by atoms with Crippen molar-refractivity contribution in [1.29, 1.82) is 0 Å². The van der Waals surface area contributed by atoms with E-state index in [-0.39, 0.29) is 5.82 Å². The van der Waals surface area contributed by atoms with E-state index in [1.807, 2.05) is 6.07 Å². The Hall–Kier alpha value is -1.09. The van der Waals surface area contributed by atoms with Gasteiger partial charge in [-0.25, -0.2) is 4.39 Å². The number of nitrogens with two attached hydrogens (primary N) is 1. The molecule has 0 radical (unpaired) electrons. The van der Waals surface area contributed by atoms with E-state index in [2.05, 4.69) is 18.7 Å². The van der Waals surface area contributed by atoms with Gasteiger partial charge in [-0.1, -0.05) is 18.6 Å². The van der Waals surface area contributed by atoms with Crippen LogP contribution in [0.5, 0.6) is 0 Å². The van der Waals surface area contributed by atoms with Crippen molar-refractivity contribution in [1.82, 2.24) is 4.90 Å². The number of nitrogens with zero attached hydrogens (tertiary/aromatic N) is 1. The van der Waals surface area contributed by atoms with Crippen molar-refractivity contribution in [3.05, 3.63) is 29.6 Å². The molecule has 0 amide bonds. The first-order valence-electron chi connectivity index (χ1n) is 6.38. The van der Waals surface area contributed by atoms with Crippen LogP contribution in [0.4, 0.5) is 10.1 Å². The van der Waals surface area contributed by atoms with Gasteiger partial charge >= 0.3 is 0 Å². The molecule has 0 unspecified atom stereocenters. The Morgan fingerprint density at radius 3 is 2.59 bits per heavy atom. The summed E-state index contributed by atoms with van der Waals surface area (Å²) >= 11 is 0. The van der Waals surface area contributed by atoms with Crippen LogP contribution in [0, 0.1) is 5.82 Å². The molecule has 1 aliphatic rings. The first-order valence-corrected chi connectivity index (χ1v) is 6.38. The van der Waals surface area contributed by atoms with Gasteiger partial charge in [-0.2, -0.15) is 0 Å². The van der Waals surface area contributed by atoms with Gasteiger partial charge in [0.05, 0.1) is 5.69 Å². The number of hydrogen-bond donors (Lipinski definition) is 1. The molecule has 94 valence electrons. The maximum atomic E-state index is 13.4. The van der Waals surface area contributed by atoms with Gasteiger partial charge in [0.2, 0.25) is 0 Å². The topological polar surface area (TPSA) is 29.3 Å². The summed E-state index contributed by atoms with van der Waals surface area (Å²) in [7, 11) is 0. The minimum absolute atomic E-state index is 0.303. The fourth-order valence-corrected chi connectivity index (χ4v) is 2.70. The van der Waals surface area contributed by atoms with E-state index in [0.29, 0.717) is 17.8 Å². The fraction of sp³-hybridized carbons (Fsp3) is 0.571. The van der Waals surface area contributed by atoms with Crippen molar-refractivity contribution in [2.24, 2.45) is 0 Å². The number of nitrogen functional groups attached to an aromatic ring is 1. The highest BCUT2D eigenvalue weighted by molar-refractivity contribution is 5.47. The zero-order valence-electron chi connectivity index (χ0n) is 10.6. The van der Waals surface area contributed by atoms with Gasteiger partial charge in [-0.3, -0.25) is 4.90 Å². The highest BCUT2D eigenvalue weighted by Gasteiger charge is 2.25. The average Bonchev–Trinajstić information content (AvgIpc) is 2.29. The smallest absolute Gasteiger partial charge is 0.146 e. The predicted molar refractivity (Wildman–Crippen MR) is 69.1 cm³/mol. The monoisotopic (exact) mass is 236 g/mol. The molecule has 1 saturated heterocycles. The molecular formula is C14H21FN2. The quantitative estimate of drug-likeness (QED) is 0.799. The average molecular weight is 236 g/mol. The highest BCUT2D eigenvalue weighted by atomic mass is 19.1. The Morgan fingerprint density at radius 1 is 1.29 bits per heavy atom. The SMILES string of the molecule is C[C@@H]1CCC[C@H](C)N1Cc1cccc(F)c1N. The molecule has 0 aromatic heterocycles. The van der Waals surface area contributed by atoms with Crippen LogP contribution in [0.1, 0.15) is 38.7 Å². The van der Waals surface area contributed by atoms with Gasteiger partial charge < -0.3 is 5.73 Å². The summed E-state index contributed by atoms with van der Waals surface area (Å²) in [6.45, 7) is 5.24. The van der Waals surface area contributed by atoms with Crippen molar-refractivity contribution in [2.75, 3.05) is 5.73 Å². The number of hydrogen-bond acceptors (Lipinski definition) is 2. The molecule has 0 saturated carbocycles. The normalized spacial score (nSPS) is 26.1. The van der Waals surface area contributed by atoms with Crippen molar-refractivity contribution < 1.29 is 4.39 Å². The van der Waals surface area contributed by atoms with E-state index >= 15 is 0 Å². The minimum Gasteiger partial charge on any atom is -0.396 e. The molecule has 2 atom stereocenters. The Bertz CT molecular complexity index is 382. The zero-order chi connectivity index (χ0) is 12.4. The van der Waals surface area contributed by atoms with Crippen LogP contribution < -0.4 is 5.73 Å². The summed E-state index contributed by atoms with van der Waals surface area (Å²) in [4.78, 5) is 2.43. The highest BCUT2D eigenvalue weighted by Crippen LogP contribution is 2.26. The number of anilines is 1. The molecule has 1 heterocycles. The lowest BCUT2D eigenvalue weighted by molar-refractivity contribution is 0.0954. The Morgan fingerprint density at radius 2 is 1.94 bits per heavy atom. The van der Waals surface area contributed by atoms with E-state index in [1.54, 1.807) is 6.07 Å². The second-order valence-electron chi connectivity index (χ2n) is 5.11. The lowest BCUT2D eigenvalue weighted by Crippen LogP contribution is -2.43. The molecule has 1 fully saturated rings. The minimum atomic E-state index is -0.306. The summed E-state index contributed by atoms with van der Waals surface area (Å²) in [5, 5.41) is 0. The van der Waals surface area contributed by atoms with Gasteiger partial charge in [-0.15, -0.1) is 0 Å². The first-order chi connectivity index (χ1) is 8.09. The number of rotatable bonds is 2. The van der Waals surface area contributed by atoms with Gasteiger partial charge in [0.1, 0.15) is 5.82 Å². The standard InChI is InChI=1S/C14H21FN2/c1-10-5-3-6-11(2)17(10)9-12-7-4-8-13(15)14(12)16/h4,7-8,10-11H,3,5-6,9,16H2,1-2H3/t10-,11+. The third kappa shape index (κ3) is 2.60. The van der Waals surface area contributed by atoms with E-state index in [9.17, 15) is 4.39 Å². The molecule has 17 heavy (non-hydrogen) atoms. The predicted octanol–water partition coefficient (Wildman–Crippen LogP) is 3.17. The summed E-state index contributed by atoms with van der Waals surface area (Å²) < 4.78 is 13.4. The van der Waals surface area contributed by atoms with Crippen LogP contribution in [-0.4, -0.2) is 17.0 Å². The Labute approximate surface area is 103 Å². The van der Waals surface area contributed by atoms with Gasteiger partial charge in [-0.05, 0) is 38.3 Å². The van der Waals surface area contributed by atoms with E-state index in [4.69, 9.17) is 5.73 Å². The maximum absolute atomic E-state index is 13.4. The third-order valence-electron chi connectivity index (χ3n) is 3.87. The molecule has 0 aliphatic carbocycles. The number of halogens is 1. The molecule has 2 N–H and O–H groups in total. The molecule has 0 bridgehead atoms. The van der Waals surface area contributed by atoms with E-state index < -0.39 is 0 Å². The van der Waals surface area contributed by atoms with Crippen molar-refractivity contribution >= 4 is 5.69 Å². The number of piperidine rings is 1. The van der Waals surface area contributed by atoms with Crippen LogP contribution >= 0.6 is 0 Å². The molecule has 1 aromatic carbocycles. The van der Waals surface area contributed by atoms with E-state index in [0.717, 1.165) is 12.1 Å². The molecule has 0 spiro atoms. The lowest BCUT2D eigenvalue weighted by Gasteiger charge is -2.39. The zero-order valence-corrected chi connectivity index (χ0v) is 10.6. The first kappa shape index (κ1) is 12.4. The molecule has 3 heteroatoms. The van der Waals surface area contributed by atoms with Crippen LogP contribution in [-0.2, 0) is 6.54 Å². The van der Waals surface area contributed by atoms with Crippen LogP contribution in [0.2, 0.25) is 0 Å². The van der Waals surface area contributed by atoms with Crippen LogP contribution in [0.3, 0.4) is 0 Å². The van der Waals surface area contributed by atoms with Crippen LogP contribution in [0.25, 0.3) is 0 Å². The summed E-state index contributed by atoms with van der Waals surface area (Å²) in [5.41, 5.74) is 7.00. The van der Waals surface area contributed by atoms with Crippen molar-refractivity contribution in [3.63, 3.8) is 0 Å². The fourth-order valence-electron chi connectivity index (χ4n) is 2.70. The molecule has 1 aliphatic heterocycles. The summed E-state index contributed by atoms with van der Waals surface area (Å²) in [5.74, 6) is -0.306. The second kappa shape index (κ2) is 5.05. The van der Waals surface area contributed by atoms with Gasteiger partial charge in [0, 0.05) is 18.6 Å². The molecule has 2 rings (SSSR count). The Balaban J connectivity index is 2.16. The number of benzene rings is 1. The number of para-hydroxylation sites is 1. The van der Waals surface area contributed by atoms with Gasteiger partial charge in [0.15, 0.2) is 0 Å². The van der Waals surface area contributed by atoms with E-state index in [1.165, 1.54) is 25.3 Å². The van der Waals surface area contributed by atoms with Crippen molar-refractivity contribution in [2.45, 2.75) is 51.7 Å². The van der Waals surface area contributed by atoms with Crippen LogP contribution in [0.15, 0.2) is 18.2 Å². The maximum Gasteiger partial charge on any atom is 0.146 e. The largest absolute Gasteiger partial charge is 0.396 e. The molecule has 1 aromatic rings. The Kier molecular flexibility index (Phi) is 3.67. The van der Waals surface area contributed by atoms with Crippen molar-refractivity contribution in [3.8, 4) is 0 Å². The summed E-state index contributed by atoms with van der Waals surface area (Å²) in [6, 6.07) is 6.19. The summed E-state index contributed by atoms with van der Waals surface area (Å²) in [6.07, 6.45) is 3.73. The number of likely N-dealkylation sites (tertiary alicyclic amines) is 1. The second-order valence-corrected chi connectivity index (χ2v) is 5.11. The third-order valence-corrected chi connectivity index (χ3v) is 3.87. The van der Waals surface area contributed by atoms with Gasteiger partial charge in [0.25, 0.3) is 0 Å².